The van der Waals surface area contributed by atoms with E-state index in [2.05, 4.69) is 4.98 Å². The van der Waals surface area contributed by atoms with Crippen LogP contribution >= 0.6 is 0 Å². The van der Waals surface area contributed by atoms with Crippen LogP contribution in [0.1, 0.15) is 12.6 Å². The van der Waals surface area contributed by atoms with Gasteiger partial charge in [-0.15, -0.1) is 0 Å². The van der Waals surface area contributed by atoms with Gasteiger partial charge in [0.1, 0.15) is 5.82 Å². The van der Waals surface area contributed by atoms with Crippen LogP contribution in [-0.2, 0) is 0 Å². The molecule has 0 radical (unpaired) electrons. The highest BCUT2D eigenvalue weighted by molar-refractivity contribution is 5.32. The molecule has 9 heavy (non-hydrogen) atoms. The van der Waals surface area contributed by atoms with E-state index in [1.54, 1.807) is 6.07 Å². The highest BCUT2D eigenvalue weighted by Crippen LogP contribution is 2.04. The molecule has 0 atom stereocenters. The number of nitrogens with zero attached hydrogens (tertiary/aromatic N) is 1. The summed E-state index contributed by atoms with van der Waals surface area (Å²) in [7, 11) is 0. The molecule has 2 N–H and O–H groups in total. The van der Waals surface area contributed by atoms with Crippen molar-refractivity contribution in [2.24, 2.45) is 0 Å². The minimum absolute atomic E-state index is 0.424. The van der Waals surface area contributed by atoms with Crippen molar-refractivity contribution in [3.05, 3.63) is 23.4 Å². The molecule has 0 aromatic carbocycles. The zero-order chi connectivity index (χ0) is 7.72. The van der Waals surface area contributed by atoms with E-state index in [4.69, 9.17) is 7.10 Å². The van der Waals surface area contributed by atoms with Gasteiger partial charge in [-0.2, -0.15) is 0 Å². The van der Waals surface area contributed by atoms with Crippen LogP contribution in [-0.4, -0.2) is 4.98 Å². The lowest BCUT2D eigenvalue weighted by Crippen LogP contribution is -1.92. The number of aromatic nitrogens is 1. The Morgan fingerprint density at radius 1 is 1.67 bits per heavy atom. The Balaban J connectivity index is 3.31. The number of rotatable bonds is 0. The second-order valence-corrected chi connectivity index (χ2v) is 2.04. The van der Waals surface area contributed by atoms with Gasteiger partial charge in [0.25, 0.3) is 0 Å². The van der Waals surface area contributed by atoms with Crippen molar-refractivity contribution < 1.29 is 1.37 Å². The minimum Gasteiger partial charge on any atom is -0.384 e. The van der Waals surface area contributed by atoms with Gasteiger partial charge in [0.2, 0.25) is 0 Å². The van der Waals surface area contributed by atoms with Crippen LogP contribution in [0.2, 0.25) is 0 Å². The molecule has 0 aliphatic rings. The van der Waals surface area contributed by atoms with Crippen LogP contribution in [0, 0.1) is 13.8 Å². The molecule has 1 aromatic heterocycles. The van der Waals surface area contributed by atoms with E-state index >= 15 is 0 Å². The van der Waals surface area contributed by atoms with Crippen LogP contribution in [0.15, 0.2) is 12.1 Å². The zero-order valence-electron chi connectivity index (χ0n) is 6.60. The lowest BCUT2D eigenvalue weighted by Gasteiger charge is -1.97. The second kappa shape index (κ2) is 2.05. The first kappa shape index (κ1) is 4.79. The van der Waals surface area contributed by atoms with Gasteiger partial charge >= 0.3 is 0 Å². The fourth-order valence-corrected chi connectivity index (χ4v) is 0.596. The molecule has 1 heterocycles. The molecule has 1 aromatic rings. The molecule has 0 saturated heterocycles. The number of pyridine rings is 1. The third-order valence-corrected chi connectivity index (χ3v) is 1.28. The fraction of sp³-hybridized carbons (Fsp3) is 0.286. The third kappa shape index (κ3) is 1.19. The first-order valence-electron chi connectivity index (χ1n) is 3.31. The standard InChI is InChI=1S/C7H10N2/c1-5-3-4-7(8)9-6(5)2/h3-4H,1-2H3,(H2,8,9)/i3T. The van der Waals surface area contributed by atoms with Crippen molar-refractivity contribution in [2.75, 3.05) is 5.73 Å². The first-order valence-corrected chi connectivity index (χ1v) is 2.81. The summed E-state index contributed by atoms with van der Waals surface area (Å²) in [6, 6.07) is 2.02. The van der Waals surface area contributed by atoms with E-state index in [1.807, 2.05) is 13.8 Å². The average Bonchev–Trinajstić information content (AvgIpc) is 1.82. The van der Waals surface area contributed by atoms with Crippen molar-refractivity contribution >= 4 is 5.82 Å². The van der Waals surface area contributed by atoms with Crippen LogP contribution in [0.4, 0.5) is 5.82 Å². The molecule has 0 aliphatic carbocycles. The molecule has 0 bridgehead atoms. The fourth-order valence-electron chi connectivity index (χ4n) is 0.596. The summed E-state index contributed by atoms with van der Waals surface area (Å²) in [6.07, 6.45) is 0. The Morgan fingerprint density at radius 3 is 2.89 bits per heavy atom. The van der Waals surface area contributed by atoms with Crippen molar-refractivity contribution in [1.29, 1.82) is 0 Å². The molecule has 48 valence electrons. The summed E-state index contributed by atoms with van der Waals surface area (Å²) in [5.41, 5.74) is 7.13. The predicted molar refractivity (Wildman–Crippen MR) is 38.1 cm³/mol. The number of nitrogens with two attached hydrogens (primary N) is 1. The normalized spacial score (nSPS) is 11.1. The van der Waals surface area contributed by atoms with Crippen molar-refractivity contribution in [2.45, 2.75) is 13.8 Å². The molecule has 2 heteroatoms. The molecular formula is C7H10N2. The highest BCUT2D eigenvalue weighted by Gasteiger charge is 1.91. The number of nitrogen functional groups attached to an aromatic ring is 1. The van der Waals surface area contributed by atoms with E-state index < -0.39 is 0 Å². The number of anilines is 1. The van der Waals surface area contributed by atoms with Gasteiger partial charge < -0.3 is 5.73 Å². The van der Waals surface area contributed by atoms with Gasteiger partial charge in [0.05, 0.1) is 1.37 Å². The molecular weight excluding hydrogens is 112 g/mol. The topological polar surface area (TPSA) is 38.9 Å². The molecule has 0 unspecified atom stereocenters. The third-order valence-electron chi connectivity index (χ3n) is 1.28. The van der Waals surface area contributed by atoms with Gasteiger partial charge in [-0.25, -0.2) is 4.98 Å². The van der Waals surface area contributed by atoms with Crippen LogP contribution in [0.25, 0.3) is 0 Å². The van der Waals surface area contributed by atoms with Gasteiger partial charge in [-0.05, 0) is 25.5 Å². The molecule has 0 amide bonds. The molecule has 0 spiro atoms. The Morgan fingerprint density at radius 2 is 2.33 bits per heavy atom. The molecule has 2 nitrogen and oxygen atoms in total. The largest absolute Gasteiger partial charge is 0.384 e. The highest BCUT2D eigenvalue weighted by atomic mass is 14.8. The Hall–Kier alpha value is -1.05. The van der Waals surface area contributed by atoms with Crippen molar-refractivity contribution in [3.8, 4) is 0 Å². The zero-order valence-corrected chi connectivity index (χ0v) is 5.60. The quantitative estimate of drug-likeness (QED) is 0.565. The monoisotopic (exact) mass is 124 g/mol. The maximum absolute atomic E-state index is 7.38. The molecule has 0 fully saturated rings. The second-order valence-electron chi connectivity index (χ2n) is 2.04. The molecule has 1 rings (SSSR count). The maximum Gasteiger partial charge on any atom is 0.123 e. The summed E-state index contributed by atoms with van der Waals surface area (Å²) >= 11 is 0. The SMILES string of the molecule is [3H]c1cc(N)nc(C)c1C. The summed E-state index contributed by atoms with van der Waals surface area (Å²) in [6.45, 7) is 3.72. The average molecular weight is 124 g/mol. The van der Waals surface area contributed by atoms with E-state index in [-0.39, 0.29) is 0 Å². The predicted octanol–water partition coefficient (Wildman–Crippen LogP) is 1.28. The van der Waals surface area contributed by atoms with Gasteiger partial charge in [-0.1, -0.05) is 6.04 Å². The van der Waals surface area contributed by atoms with Crippen LogP contribution in [0.5, 0.6) is 0 Å². The van der Waals surface area contributed by atoms with Crippen LogP contribution in [0.3, 0.4) is 0 Å². The summed E-state index contributed by atoms with van der Waals surface area (Å²) < 4.78 is 7.38. The number of aryl methyl sites for hydroxylation is 1. The van der Waals surface area contributed by atoms with E-state index in [1.165, 1.54) is 0 Å². The van der Waals surface area contributed by atoms with Gasteiger partial charge in [-0.3, -0.25) is 0 Å². The smallest absolute Gasteiger partial charge is 0.123 e. The Kier molecular flexibility index (Phi) is 1.09. The molecule has 0 saturated carbocycles. The van der Waals surface area contributed by atoms with Gasteiger partial charge in [0.15, 0.2) is 0 Å². The lowest BCUT2D eigenvalue weighted by molar-refractivity contribution is 1.16. The van der Waals surface area contributed by atoms with Crippen LogP contribution < -0.4 is 5.73 Å². The first-order chi connectivity index (χ1) is 4.61. The minimum atomic E-state index is 0.424. The summed E-state index contributed by atoms with van der Waals surface area (Å²) in [4.78, 5) is 3.99. The molecule has 0 aliphatic heterocycles. The van der Waals surface area contributed by atoms with Gasteiger partial charge in [0, 0.05) is 5.69 Å². The summed E-state index contributed by atoms with van der Waals surface area (Å²) in [5.74, 6) is 0.424. The van der Waals surface area contributed by atoms with E-state index in [0.29, 0.717) is 11.9 Å². The number of hydrogen-bond acceptors (Lipinski definition) is 2. The lowest BCUT2D eigenvalue weighted by atomic mass is 10.2. The Bertz CT molecular complexity index is 235. The van der Waals surface area contributed by atoms with Crippen molar-refractivity contribution in [1.82, 2.24) is 4.98 Å². The number of hydrogen-bond donors (Lipinski definition) is 1. The van der Waals surface area contributed by atoms with E-state index in [0.717, 1.165) is 11.3 Å². The van der Waals surface area contributed by atoms with E-state index in [9.17, 15) is 0 Å². The Labute approximate surface area is 56.1 Å². The summed E-state index contributed by atoms with van der Waals surface area (Å²) in [5, 5.41) is 0. The van der Waals surface area contributed by atoms with Crippen molar-refractivity contribution in [3.63, 3.8) is 0 Å². The maximum atomic E-state index is 7.38.